The number of aromatic nitrogens is 3. The second-order valence-electron chi connectivity index (χ2n) is 7.72. The van der Waals surface area contributed by atoms with Crippen LogP contribution in [0.3, 0.4) is 0 Å². The molecule has 1 aliphatic rings. The lowest BCUT2D eigenvalue weighted by atomic mass is 10.0. The third-order valence-corrected chi connectivity index (χ3v) is 4.91. The summed E-state index contributed by atoms with van der Waals surface area (Å²) in [7, 11) is 3.54. The van der Waals surface area contributed by atoms with Gasteiger partial charge in [0.2, 0.25) is 5.95 Å². The lowest BCUT2D eigenvalue weighted by Crippen LogP contribution is -2.27. The minimum atomic E-state index is -0.0296. The summed E-state index contributed by atoms with van der Waals surface area (Å²) in [6.45, 7) is 7.83. The summed E-state index contributed by atoms with van der Waals surface area (Å²) in [6.07, 6.45) is 6.35. The Morgan fingerprint density at radius 2 is 1.89 bits per heavy atom. The van der Waals surface area contributed by atoms with Gasteiger partial charge in [-0.25, -0.2) is 15.0 Å². The van der Waals surface area contributed by atoms with Crippen LogP contribution in [-0.2, 0) is 19.3 Å². The first-order valence-electron chi connectivity index (χ1n) is 9.95. The van der Waals surface area contributed by atoms with Gasteiger partial charge in [0.25, 0.3) is 5.91 Å². The molecule has 150 valence electrons. The minimum absolute atomic E-state index is 0.0296. The van der Waals surface area contributed by atoms with Crippen LogP contribution in [-0.4, -0.2) is 59.0 Å². The number of carbonyl (C=O) groups is 1. The third-order valence-electron chi connectivity index (χ3n) is 4.91. The highest BCUT2D eigenvalue weighted by Crippen LogP contribution is 2.24. The molecule has 3 rings (SSSR count). The molecule has 28 heavy (non-hydrogen) atoms. The number of pyridine rings is 1. The van der Waals surface area contributed by atoms with Gasteiger partial charge in [-0.05, 0) is 43.9 Å². The number of hydrogen-bond acceptors (Lipinski definition) is 6. The fourth-order valence-electron chi connectivity index (χ4n) is 3.32. The minimum Gasteiger partial charge on any atom is -0.367 e. The van der Waals surface area contributed by atoms with E-state index in [4.69, 9.17) is 4.98 Å². The number of carbonyl (C=O) groups excluding carboxylic acids is 1. The number of fused-ring (bicyclic) bond motifs is 1. The summed E-state index contributed by atoms with van der Waals surface area (Å²) in [4.78, 5) is 30.4. The molecule has 3 heterocycles. The van der Waals surface area contributed by atoms with Crippen molar-refractivity contribution in [3.8, 4) is 0 Å². The van der Waals surface area contributed by atoms with Gasteiger partial charge in [-0.2, -0.15) is 0 Å². The lowest BCUT2D eigenvalue weighted by molar-refractivity contribution is 0.0828. The van der Waals surface area contributed by atoms with E-state index < -0.39 is 0 Å². The Kier molecular flexibility index (Phi) is 6.11. The molecule has 2 aromatic heterocycles. The number of amides is 1. The maximum Gasteiger partial charge on any atom is 0.257 e. The molecule has 0 saturated heterocycles. The summed E-state index contributed by atoms with van der Waals surface area (Å²) in [5.41, 5.74) is 3.95. The van der Waals surface area contributed by atoms with Crippen molar-refractivity contribution < 1.29 is 4.79 Å². The maximum absolute atomic E-state index is 12.7. The van der Waals surface area contributed by atoms with Crippen LogP contribution < -0.4 is 10.2 Å². The highest BCUT2D eigenvalue weighted by atomic mass is 16.2. The van der Waals surface area contributed by atoms with E-state index in [1.165, 1.54) is 0 Å². The van der Waals surface area contributed by atoms with Crippen LogP contribution in [0.15, 0.2) is 18.5 Å². The highest BCUT2D eigenvalue weighted by molar-refractivity contribution is 5.98. The summed E-state index contributed by atoms with van der Waals surface area (Å²) in [5.74, 6) is 1.40. The summed E-state index contributed by atoms with van der Waals surface area (Å²) in [6, 6.07) is 2.21. The van der Waals surface area contributed by atoms with Crippen LogP contribution in [0.5, 0.6) is 0 Å². The predicted molar refractivity (Wildman–Crippen MR) is 112 cm³/mol. The van der Waals surface area contributed by atoms with Crippen LogP contribution >= 0.6 is 0 Å². The number of aryl methyl sites for hydroxylation is 1. The fourth-order valence-corrected chi connectivity index (χ4v) is 3.32. The van der Waals surface area contributed by atoms with Gasteiger partial charge in [-0.1, -0.05) is 6.92 Å². The van der Waals surface area contributed by atoms with Gasteiger partial charge < -0.3 is 15.1 Å². The van der Waals surface area contributed by atoms with E-state index in [1.54, 1.807) is 19.0 Å². The molecule has 0 unspecified atom stereocenters. The van der Waals surface area contributed by atoms with Crippen molar-refractivity contribution in [2.24, 2.45) is 0 Å². The molecule has 0 fully saturated rings. The average Bonchev–Trinajstić information content (AvgIpc) is 2.88. The summed E-state index contributed by atoms with van der Waals surface area (Å²) < 4.78 is 0. The zero-order valence-electron chi connectivity index (χ0n) is 17.5. The van der Waals surface area contributed by atoms with Crippen molar-refractivity contribution in [3.05, 3.63) is 40.8 Å². The van der Waals surface area contributed by atoms with Crippen molar-refractivity contribution >= 4 is 17.7 Å². The first-order valence-corrected chi connectivity index (χ1v) is 9.95. The topological polar surface area (TPSA) is 74.2 Å². The molecular formula is C21H30N6O. The van der Waals surface area contributed by atoms with E-state index in [0.717, 1.165) is 55.1 Å². The molecule has 7 nitrogen and oxygen atoms in total. The van der Waals surface area contributed by atoms with E-state index in [1.807, 2.05) is 18.5 Å². The smallest absolute Gasteiger partial charge is 0.257 e. The molecule has 0 aliphatic carbocycles. The first kappa shape index (κ1) is 20.0. The SMILES string of the molecule is CCc1cnc(N2CCc3cc(C(=O)N(C)C)c(NC(C)C)nc3CC2)nc1. The molecule has 0 aromatic carbocycles. The van der Waals surface area contributed by atoms with Crippen LogP contribution in [0.2, 0.25) is 0 Å². The zero-order chi connectivity index (χ0) is 20.3. The quantitative estimate of drug-likeness (QED) is 0.857. The van der Waals surface area contributed by atoms with Crippen LogP contribution in [0.25, 0.3) is 0 Å². The van der Waals surface area contributed by atoms with Gasteiger partial charge in [0.15, 0.2) is 0 Å². The third kappa shape index (κ3) is 4.40. The zero-order valence-corrected chi connectivity index (χ0v) is 17.5. The molecule has 1 amide bonds. The Balaban J connectivity index is 1.88. The Hall–Kier alpha value is -2.70. The molecular weight excluding hydrogens is 352 g/mol. The Morgan fingerprint density at radius 3 is 2.50 bits per heavy atom. The van der Waals surface area contributed by atoms with Gasteiger partial charge in [0, 0.05) is 57.7 Å². The maximum atomic E-state index is 12.7. The normalized spacial score (nSPS) is 13.9. The first-order chi connectivity index (χ1) is 13.4. The highest BCUT2D eigenvalue weighted by Gasteiger charge is 2.23. The van der Waals surface area contributed by atoms with Gasteiger partial charge in [0.05, 0.1) is 5.56 Å². The largest absolute Gasteiger partial charge is 0.367 e. The van der Waals surface area contributed by atoms with E-state index in [2.05, 4.69) is 41.0 Å². The second-order valence-corrected chi connectivity index (χ2v) is 7.72. The van der Waals surface area contributed by atoms with Crippen molar-refractivity contribution in [1.82, 2.24) is 19.9 Å². The molecule has 1 aliphatic heterocycles. The van der Waals surface area contributed by atoms with Gasteiger partial charge in [0.1, 0.15) is 5.82 Å². The molecule has 0 bridgehead atoms. The number of nitrogens with one attached hydrogen (secondary N) is 1. The van der Waals surface area contributed by atoms with Crippen LogP contribution in [0, 0.1) is 0 Å². The van der Waals surface area contributed by atoms with Crippen LogP contribution in [0.1, 0.15) is 48.0 Å². The molecule has 0 spiro atoms. The van der Waals surface area contributed by atoms with Crippen LogP contribution in [0.4, 0.5) is 11.8 Å². The van der Waals surface area contributed by atoms with Crippen molar-refractivity contribution in [3.63, 3.8) is 0 Å². The van der Waals surface area contributed by atoms with Gasteiger partial charge in [-0.15, -0.1) is 0 Å². The van der Waals surface area contributed by atoms with Crippen molar-refractivity contribution in [2.45, 2.75) is 46.1 Å². The molecule has 0 saturated carbocycles. The molecule has 2 aromatic rings. The van der Waals surface area contributed by atoms with E-state index >= 15 is 0 Å². The van der Waals surface area contributed by atoms with Crippen molar-refractivity contribution in [2.75, 3.05) is 37.4 Å². The lowest BCUT2D eigenvalue weighted by Gasteiger charge is -2.19. The Bertz CT molecular complexity index is 832. The molecule has 7 heteroatoms. The standard InChI is InChI=1S/C21H30N6O/c1-6-15-12-22-21(23-13-15)27-9-7-16-11-17(20(28)26(4)5)19(24-14(2)3)25-18(16)8-10-27/h11-14H,6-10H2,1-5H3,(H,24,25). The second kappa shape index (κ2) is 8.54. The average molecular weight is 383 g/mol. The van der Waals surface area contributed by atoms with E-state index in [0.29, 0.717) is 11.4 Å². The van der Waals surface area contributed by atoms with E-state index in [9.17, 15) is 4.79 Å². The van der Waals surface area contributed by atoms with Gasteiger partial charge >= 0.3 is 0 Å². The summed E-state index contributed by atoms with van der Waals surface area (Å²) >= 11 is 0. The number of anilines is 2. The number of hydrogen-bond donors (Lipinski definition) is 1. The molecule has 1 N–H and O–H groups in total. The molecule has 0 atom stereocenters. The number of rotatable bonds is 5. The van der Waals surface area contributed by atoms with Crippen molar-refractivity contribution in [1.29, 1.82) is 0 Å². The fraction of sp³-hybridized carbons (Fsp3) is 0.524. The number of nitrogens with zero attached hydrogens (tertiary/aromatic N) is 5. The van der Waals surface area contributed by atoms with E-state index in [-0.39, 0.29) is 11.9 Å². The predicted octanol–water partition coefficient (Wildman–Crippen LogP) is 2.56. The Morgan fingerprint density at radius 1 is 1.21 bits per heavy atom. The monoisotopic (exact) mass is 382 g/mol. The molecule has 0 radical (unpaired) electrons. The Labute approximate surface area is 167 Å². The summed E-state index contributed by atoms with van der Waals surface area (Å²) in [5, 5.41) is 3.34. The van der Waals surface area contributed by atoms with Gasteiger partial charge in [-0.3, -0.25) is 4.79 Å².